The SMILES string of the molecule is CC(C)C[C@H](NN([C@@H](CC(C)C)C(=O)O)N(/C=C\S(=O)(=O)/C=C\N([C@@H](CC(C)C)C(=O)O)N(N[C@@H](CC(C)C)C(=O)O)[C@@H](CC(C)C)C(=O)O)[C@@H](CC(C)C)C(=O)O)C(=O)O. The number of rotatable bonds is 32. The van der Waals surface area contributed by atoms with Crippen LogP contribution in [-0.2, 0) is 38.6 Å². The van der Waals surface area contributed by atoms with Crippen LogP contribution in [0.5, 0.6) is 0 Å². The maximum atomic E-state index is 14.0. The van der Waals surface area contributed by atoms with Gasteiger partial charge in [0, 0.05) is 12.4 Å². The first-order chi connectivity index (χ1) is 27.9. The number of nitrogens with zero attached hydrogens (tertiary/aromatic N) is 4. The van der Waals surface area contributed by atoms with Crippen LogP contribution in [0.3, 0.4) is 0 Å². The molecule has 0 unspecified atom stereocenters. The predicted molar refractivity (Wildman–Crippen MR) is 226 cm³/mol. The number of carboxylic acid groups (broad SMARTS) is 6. The summed E-state index contributed by atoms with van der Waals surface area (Å²) in [7, 11) is -4.75. The summed E-state index contributed by atoms with van der Waals surface area (Å²) in [5, 5.41) is 66.5. The van der Waals surface area contributed by atoms with Gasteiger partial charge in [0.15, 0.2) is 9.84 Å². The summed E-state index contributed by atoms with van der Waals surface area (Å²) < 4.78 is 28.0. The van der Waals surface area contributed by atoms with E-state index in [1.165, 1.54) is 0 Å². The van der Waals surface area contributed by atoms with Gasteiger partial charge in [-0.1, -0.05) is 83.1 Å². The van der Waals surface area contributed by atoms with Crippen molar-refractivity contribution in [2.45, 2.75) is 158 Å². The topological polar surface area (TPSA) is 295 Å². The summed E-state index contributed by atoms with van der Waals surface area (Å²) in [6.07, 6.45) is 0.892. The minimum atomic E-state index is -4.75. The Kier molecular flexibility index (Phi) is 24.4. The molecule has 6 atom stereocenters. The molecule has 21 heteroatoms. The average Bonchev–Trinajstić information content (AvgIpc) is 3.08. The van der Waals surface area contributed by atoms with Crippen LogP contribution in [-0.4, -0.2) is 131 Å². The number of hydrogen-bond donors (Lipinski definition) is 8. The molecule has 61 heavy (non-hydrogen) atoms. The summed E-state index contributed by atoms with van der Waals surface area (Å²) in [4.78, 5) is 76.5. The number of nitrogens with one attached hydrogen (secondary N) is 2. The van der Waals surface area contributed by atoms with E-state index in [2.05, 4.69) is 10.9 Å². The second kappa shape index (κ2) is 26.2. The van der Waals surface area contributed by atoms with Crippen molar-refractivity contribution in [3.63, 3.8) is 0 Å². The number of carbonyl (C=O) groups is 6. The van der Waals surface area contributed by atoms with Crippen molar-refractivity contribution < 1.29 is 67.8 Å². The lowest BCUT2D eigenvalue weighted by Crippen LogP contribution is -2.64. The minimum absolute atomic E-state index is 0.0318. The summed E-state index contributed by atoms with van der Waals surface area (Å²) in [5.41, 5.74) is 5.33. The molecule has 0 amide bonds. The molecular weight excluding hydrogens is 821 g/mol. The van der Waals surface area contributed by atoms with Gasteiger partial charge < -0.3 is 30.6 Å². The number of hydrogen-bond acceptors (Lipinski definition) is 14. The fourth-order valence-corrected chi connectivity index (χ4v) is 7.03. The number of carboxylic acids is 6. The van der Waals surface area contributed by atoms with Crippen LogP contribution < -0.4 is 10.9 Å². The average molecular weight is 893 g/mol. The zero-order chi connectivity index (χ0) is 47.7. The van der Waals surface area contributed by atoms with Crippen molar-refractivity contribution in [2.24, 2.45) is 35.5 Å². The third kappa shape index (κ3) is 20.9. The Balaban J connectivity index is 8.21. The molecule has 8 N–H and O–H groups in total. The minimum Gasteiger partial charge on any atom is -0.480 e. The van der Waals surface area contributed by atoms with E-state index >= 15 is 0 Å². The van der Waals surface area contributed by atoms with Crippen molar-refractivity contribution in [2.75, 3.05) is 0 Å². The number of aliphatic carboxylic acids is 6. The Bertz CT molecular complexity index is 1510. The quantitative estimate of drug-likeness (QED) is 0.0435. The molecule has 0 rings (SSSR count). The third-order valence-electron chi connectivity index (χ3n) is 9.04. The van der Waals surface area contributed by atoms with Gasteiger partial charge in [0.1, 0.15) is 36.3 Å². The van der Waals surface area contributed by atoms with E-state index in [9.17, 15) is 67.8 Å². The molecule has 0 saturated heterocycles. The fraction of sp³-hybridized carbons (Fsp3) is 0.750. The van der Waals surface area contributed by atoms with Crippen LogP contribution in [0.2, 0.25) is 0 Å². The van der Waals surface area contributed by atoms with Gasteiger partial charge in [-0.25, -0.2) is 28.9 Å². The van der Waals surface area contributed by atoms with Gasteiger partial charge in [-0.05, 0) is 74.0 Å². The van der Waals surface area contributed by atoms with Gasteiger partial charge >= 0.3 is 35.8 Å². The van der Waals surface area contributed by atoms with Gasteiger partial charge in [0.05, 0.1) is 10.8 Å². The van der Waals surface area contributed by atoms with Crippen LogP contribution in [0.25, 0.3) is 0 Å². The van der Waals surface area contributed by atoms with E-state index in [1.54, 1.807) is 83.1 Å². The molecule has 20 nitrogen and oxygen atoms in total. The molecule has 0 radical (unpaired) electrons. The van der Waals surface area contributed by atoms with Crippen molar-refractivity contribution >= 4 is 45.7 Å². The molecular formula is C40H72N6O14S. The monoisotopic (exact) mass is 892 g/mol. The van der Waals surface area contributed by atoms with E-state index < -0.39 is 81.9 Å². The van der Waals surface area contributed by atoms with Crippen molar-refractivity contribution in [1.82, 2.24) is 31.1 Å². The Morgan fingerprint density at radius 2 is 0.639 bits per heavy atom. The Morgan fingerprint density at radius 1 is 0.410 bits per heavy atom. The Hall–Kier alpha value is -4.31. The van der Waals surface area contributed by atoms with Crippen LogP contribution in [0.1, 0.15) is 122 Å². The highest BCUT2D eigenvalue weighted by Gasteiger charge is 2.41. The van der Waals surface area contributed by atoms with Gasteiger partial charge in [-0.15, -0.1) is 10.2 Å². The first-order valence-electron chi connectivity index (χ1n) is 20.6. The molecule has 0 heterocycles. The fourth-order valence-electron chi connectivity index (χ4n) is 6.35. The molecule has 0 saturated carbocycles. The van der Waals surface area contributed by atoms with Crippen LogP contribution in [0.15, 0.2) is 23.2 Å². The van der Waals surface area contributed by atoms with Crippen molar-refractivity contribution in [3.05, 3.63) is 23.2 Å². The van der Waals surface area contributed by atoms with Crippen LogP contribution >= 0.6 is 0 Å². The molecule has 0 aromatic heterocycles. The van der Waals surface area contributed by atoms with Gasteiger partial charge in [0.25, 0.3) is 0 Å². The van der Waals surface area contributed by atoms with Gasteiger partial charge in [-0.3, -0.25) is 29.2 Å². The lowest BCUT2D eigenvalue weighted by Gasteiger charge is -2.43. The first kappa shape index (κ1) is 56.7. The molecule has 0 bridgehead atoms. The molecule has 0 aliphatic heterocycles. The van der Waals surface area contributed by atoms with E-state index in [0.717, 1.165) is 32.7 Å². The molecule has 0 aromatic rings. The van der Waals surface area contributed by atoms with E-state index in [1.807, 2.05) is 0 Å². The summed E-state index contributed by atoms with van der Waals surface area (Å²) >= 11 is 0. The smallest absolute Gasteiger partial charge is 0.327 e. The highest BCUT2D eigenvalue weighted by atomic mass is 32.2. The molecule has 0 aromatic carbocycles. The molecule has 0 fully saturated rings. The maximum Gasteiger partial charge on any atom is 0.327 e. The number of hydrazine groups is 4. The molecule has 0 aliphatic carbocycles. The Morgan fingerprint density at radius 3 is 0.836 bits per heavy atom. The Labute approximate surface area is 360 Å². The van der Waals surface area contributed by atoms with Crippen LogP contribution in [0, 0.1) is 35.5 Å². The normalized spacial score (nSPS) is 15.7. The van der Waals surface area contributed by atoms with E-state index in [-0.39, 0.29) is 74.0 Å². The predicted octanol–water partition coefficient (Wildman–Crippen LogP) is 4.39. The lowest BCUT2D eigenvalue weighted by molar-refractivity contribution is -0.178. The van der Waals surface area contributed by atoms with Crippen LogP contribution in [0.4, 0.5) is 0 Å². The second-order valence-corrected chi connectivity index (χ2v) is 19.6. The zero-order valence-corrected chi connectivity index (χ0v) is 38.4. The third-order valence-corrected chi connectivity index (χ3v) is 10.0. The summed E-state index contributed by atoms with van der Waals surface area (Å²) in [6.45, 7) is 20.4. The highest BCUT2D eigenvalue weighted by molar-refractivity contribution is 7.97. The molecule has 0 aliphatic rings. The van der Waals surface area contributed by atoms with Gasteiger partial charge in [0.2, 0.25) is 0 Å². The van der Waals surface area contributed by atoms with E-state index in [4.69, 9.17) is 0 Å². The lowest BCUT2D eigenvalue weighted by atomic mass is 10.0. The zero-order valence-electron chi connectivity index (χ0n) is 37.6. The molecule has 0 spiro atoms. The standard InChI is InChI=1S/C40H72N6O14S/c1-23(2)17-29(35(47)48)41-45(33(39(55)56)21-27(9)10)43(31(37(51)52)19-25(5)6)13-15-61(59,60)16-14-44(32(38(53)54)20-26(7)8)46(34(40(57)58)22-28(11)12)42-30(36(49)50)18-24(3)4/h13-16,23-34,41-42H,17-22H2,1-12H3,(H,47,48)(H,49,50)(H,51,52)(H,53,54)(H,55,56)(H,57,58)/b15-13-,16-14-/t29-,30-,31-,32-,33-,34-/m0/s1. The van der Waals surface area contributed by atoms with Gasteiger partial charge in [-0.2, -0.15) is 0 Å². The number of sulfone groups is 1. The maximum absolute atomic E-state index is 14.0. The second-order valence-electron chi connectivity index (χ2n) is 17.8. The van der Waals surface area contributed by atoms with Crippen molar-refractivity contribution in [1.29, 1.82) is 0 Å². The van der Waals surface area contributed by atoms with Crippen molar-refractivity contribution in [3.8, 4) is 0 Å². The highest BCUT2D eigenvalue weighted by Crippen LogP contribution is 2.24. The van der Waals surface area contributed by atoms with E-state index in [0.29, 0.717) is 10.8 Å². The molecule has 352 valence electrons. The summed E-state index contributed by atoms with van der Waals surface area (Å²) in [5.74, 6) is -10.5. The summed E-state index contributed by atoms with van der Waals surface area (Å²) in [6, 6.07) is -9.43. The largest absolute Gasteiger partial charge is 0.480 e. The first-order valence-corrected chi connectivity index (χ1v) is 22.2.